The molecule has 1 aliphatic heterocycles. The van der Waals surface area contributed by atoms with Gasteiger partial charge in [0.1, 0.15) is 5.75 Å². The Bertz CT molecular complexity index is 652. The van der Waals surface area contributed by atoms with Crippen molar-refractivity contribution in [3.05, 3.63) is 24.3 Å². The highest BCUT2D eigenvalue weighted by atomic mass is 32.2. The number of piperidine rings is 1. The van der Waals surface area contributed by atoms with Crippen LogP contribution in [0.1, 0.15) is 46.0 Å². The maximum absolute atomic E-state index is 12.6. The fraction of sp³-hybridized carbons (Fsp3) is 0.611. The Morgan fingerprint density at radius 3 is 2.44 bits per heavy atom. The Hall–Kier alpha value is -1.60. The molecule has 140 valence electrons. The molecule has 1 atom stereocenters. The maximum Gasteiger partial charge on any atom is 0.258 e. The first-order valence-electron chi connectivity index (χ1n) is 8.96. The van der Waals surface area contributed by atoms with Crippen molar-refractivity contribution in [1.29, 1.82) is 0 Å². The van der Waals surface area contributed by atoms with Crippen LogP contribution in [0.15, 0.2) is 29.2 Å². The van der Waals surface area contributed by atoms with Crippen LogP contribution < -0.4 is 10.1 Å². The minimum atomic E-state index is -3.43. The van der Waals surface area contributed by atoms with E-state index in [1.165, 1.54) is 16.4 Å². The Kier molecular flexibility index (Phi) is 7.25. The second-order valence-corrected chi connectivity index (χ2v) is 8.42. The number of ether oxygens (including phenoxy) is 1. The fourth-order valence-corrected chi connectivity index (χ4v) is 4.45. The van der Waals surface area contributed by atoms with Gasteiger partial charge in [0.2, 0.25) is 10.0 Å². The first kappa shape index (κ1) is 19.7. The average molecular weight is 368 g/mol. The molecule has 1 unspecified atom stereocenters. The Labute approximate surface area is 150 Å². The van der Waals surface area contributed by atoms with Gasteiger partial charge in [0.15, 0.2) is 6.61 Å². The van der Waals surface area contributed by atoms with E-state index in [9.17, 15) is 13.2 Å². The van der Waals surface area contributed by atoms with E-state index in [0.717, 1.165) is 32.1 Å². The van der Waals surface area contributed by atoms with Gasteiger partial charge in [-0.2, -0.15) is 4.31 Å². The van der Waals surface area contributed by atoms with Crippen molar-refractivity contribution in [3.63, 3.8) is 0 Å². The van der Waals surface area contributed by atoms with E-state index in [-0.39, 0.29) is 23.5 Å². The molecule has 0 spiro atoms. The minimum Gasteiger partial charge on any atom is -0.484 e. The number of amides is 1. The van der Waals surface area contributed by atoms with Gasteiger partial charge in [-0.3, -0.25) is 4.79 Å². The number of rotatable bonds is 8. The lowest BCUT2D eigenvalue weighted by Crippen LogP contribution is -2.36. The molecule has 1 aromatic rings. The number of carbonyl (C=O) groups excluding carboxylic acids is 1. The molecule has 6 nitrogen and oxygen atoms in total. The molecule has 1 amide bonds. The highest BCUT2D eigenvalue weighted by Gasteiger charge is 2.25. The number of benzene rings is 1. The van der Waals surface area contributed by atoms with Gasteiger partial charge in [0, 0.05) is 19.1 Å². The quantitative estimate of drug-likeness (QED) is 0.765. The molecular formula is C18H28N2O4S. The topological polar surface area (TPSA) is 75.7 Å². The standard InChI is InChI=1S/C18H28N2O4S/c1-3-7-15(2)19-18(21)14-24-16-8-10-17(11-9-16)25(22,23)20-12-5-4-6-13-20/h8-11,15H,3-7,12-14H2,1-2H3,(H,19,21). The van der Waals surface area contributed by atoms with Crippen LogP contribution >= 0.6 is 0 Å². The van der Waals surface area contributed by atoms with Crippen molar-refractivity contribution in [2.24, 2.45) is 0 Å². The van der Waals surface area contributed by atoms with Gasteiger partial charge in [-0.25, -0.2) is 8.42 Å². The lowest BCUT2D eigenvalue weighted by Gasteiger charge is -2.25. The van der Waals surface area contributed by atoms with Gasteiger partial charge in [-0.15, -0.1) is 0 Å². The summed E-state index contributed by atoms with van der Waals surface area (Å²) in [5.41, 5.74) is 0. The predicted molar refractivity (Wildman–Crippen MR) is 97.1 cm³/mol. The van der Waals surface area contributed by atoms with Crippen LogP contribution in [0, 0.1) is 0 Å². The second-order valence-electron chi connectivity index (χ2n) is 6.48. The van der Waals surface area contributed by atoms with Crippen LogP contribution in [0.5, 0.6) is 5.75 Å². The molecule has 1 fully saturated rings. The summed E-state index contributed by atoms with van der Waals surface area (Å²) in [7, 11) is -3.43. The summed E-state index contributed by atoms with van der Waals surface area (Å²) < 4.78 is 32.1. The summed E-state index contributed by atoms with van der Waals surface area (Å²) in [6, 6.07) is 6.39. The van der Waals surface area contributed by atoms with E-state index in [2.05, 4.69) is 12.2 Å². The van der Waals surface area contributed by atoms with Crippen molar-refractivity contribution in [3.8, 4) is 5.75 Å². The normalized spacial score (nSPS) is 17.0. The average Bonchev–Trinajstić information content (AvgIpc) is 2.61. The van der Waals surface area contributed by atoms with Crippen molar-refractivity contribution in [1.82, 2.24) is 9.62 Å². The third kappa shape index (κ3) is 5.71. The molecule has 1 aliphatic rings. The molecule has 1 heterocycles. The van der Waals surface area contributed by atoms with Crippen molar-refractivity contribution in [2.75, 3.05) is 19.7 Å². The van der Waals surface area contributed by atoms with Gasteiger partial charge in [-0.1, -0.05) is 19.8 Å². The Balaban J connectivity index is 1.90. The Morgan fingerprint density at radius 2 is 1.84 bits per heavy atom. The minimum absolute atomic E-state index is 0.0771. The van der Waals surface area contributed by atoms with Crippen LogP contribution in [0.2, 0.25) is 0 Å². The summed E-state index contributed by atoms with van der Waals surface area (Å²) in [5.74, 6) is 0.307. The van der Waals surface area contributed by atoms with E-state index in [1.807, 2.05) is 6.92 Å². The van der Waals surface area contributed by atoms with E-state index in [0.29, 0.717) is 18.8 Å². The molecule has 25 heavy (non-hydrogen) atoms. The molecule has 1 saturated heterocycles. The number of nitrogens with zero attached hydrogens (tertiary/aromatic N) is 1. The van der Waals surface area contributed by atoms with E-state index >= 15 is 0 Å². The number of nitrogens with one attached hydrogen (secondary N) is 1. The lowest BCUT2D eigenvalue weighted by molar-refractivity contribution is -0.123. The number of carbonyl (C=O) groups is 1. The van der Waals surface area contributed by atoms with Crippen LogP contribution in [-0.4, -0.2) is 44.4 Å². The SMILES string of the molecule is CCCC(C)NC(=O)COc1ccc(S(=O)(=O)N2CCCCC2)cc1. The molecule has 0 bridgehead atoms. The molecule has 1 aromatic carbocycles. The predicted octanol–water partition coefficient (Wildman–Crippen LogP) is 2.54. The highest BCUT2D eigenvalue weighted by molar-refractivity contribution is 7.89. The zero-order valence-corrected chi connectivity index (χ0v) is 15.8. The summed E-state index contributed by atoms with van der Waals surface area (Å²) in [6.45, 7) is 5.11. The van der Waals surface area contributed by atoms with Crippen molar-refractivity contribution >= 4 is 15.9 Å². The molecule has 0 aromatic heterocycles. The number of hydrogen-bond donors (Lipinski definition) is 1. The van der Waals surface area contributed by atoms with Gasteiger partial charge in [0.25, 0.3) is 5.91 Å². The van der Waals surface area contributed by atoms with Gasteiger partial charge in [-0.05, 0) is 50.5 Å². The highest BCUT2D eigenvalue weighted by Crippen LogP contribution is 2.22. The monoisotopic (exact) mass is 368 g/mol. The summed E-state index contributed by atoms with van der Waals surface area (Å²) in [6.07, 6.45) is 4.83. The molecule has 7 heteroatoms. The molecular weight excluding hydrogens is 340 g/mol. The van der Waals surface area contributed by atoms with Crippen LogP contribution in [0.3, 0.4) is 0 Å². The van der Waals surface area contributed by atoms with Crippen molar-refractivity contribution in [2.45, 2.75) is 56.9 Å². The molecule has 1 N–H and O–H groups in total. The van der Waals surface area contributed by atoms with Crippen LogP contribution in [-0.2, 0) is 14.8 Å². The summed E-state index contributed by atoms with van der Waals surface area (Å²) >= 11 is 0. The van der Waals surface area contributed by atoms with E-state index in [4.69, 9.17) is 4.74 Å². The molecule has 0 aliphatic carbocycles. The fourth-order valence-electron chi connectivity index (χ4n) is 2.93. The first-order valence-corrected chi connectivity index (χ1v) is 10.4. The molecule has 0 saturated carbocycles. The largest absolute Gasteiger partial charge is 0.484 e. The van der Waals surface area contributed by atoms with E-state index in [1.54, 1.807) is 12.1 Å². The van der Waals surface area contributed by atoms with Gasteiger partial charge >= 0.3 is 0 Å². The van der Waals surface area contributed by atoms with Gasteiger partial charge in [0.05, 0.1) is 4.90 Å². The van der Waals surface area contributed by atoms with Crippen molar-refractivity contribution < 1.29 is 17.9 Å². The zero-order valence-electron chi connectivity index (χ0n) is 15.0. The van der Waals surface area contributed by atoms with Crippen LogP contribution in [0.25, 0.3) is 0 Å². The molecule has 0 radical (unpaired) electrons. The smallest absolute Gasteiger partial charge is 0.258 e. The number of hydrogen-bond acceptors (Lipinski definition) is 4. The summed E-state index contributed by atoms with van der Waals surface area (Å²) in [5, 5.41) is 2.86. The van der Waals surface area contributed by atoms with Crippen LogP contribution in [0.4, 0.5) is 0 Å². The third-order valence-electron chi connectivity index (χ3n) is 4.28. The zero-order chi connectivity index (χ0) is 18.3. The lowest BCUT2D eigenvalue weighted by atomic mass is 10.2. The maximum atomic E-state index is 12.6. The molecule has 2 rings (SSSR count). The Morgan fingerprint density at radius 1 is 1.20 bits per heavy atom. The summed E-state index contributed by atoms with van der Waals surface area (Å²) in [4.78, 5) is 12.1. The third-order valence-corrected chi connectivity index (χ3v) is 6.19. The van der Waals surface area contributed by atoms with E-state index < -0.39 is 10.0 Å². The second kappa shape index (κ2) is 9.20. The first-order chi connectivity index (χ1) is 11.9. The number of sulfonamides is 1. The van der Waals surface area contributed by atoms with Gasteiger partial charge < -0.3 is 10.1 Å².